The average molecular weight is 393 g/mol. The Labute approximate surface area is 171 Å². The predicted octanol–water partition coefficient (Wildman–Crippen LogP) is 2.70. The Hall–Kier alpha value is -2.70. The lowest BCUT2D eigenvalue weighted by Crippen LogP contribution is -2.53. The van der Waals surface area contributed by atoms with Crippen LogP contribution in [0.5, 0.6) is 0 Å². The Morgan fingerprint density at radius 3 is 2.59 bits per heavy atom. The highest BCUT2D eigenvalue weighted by atomic mass is 16.5. The number of rotatable bonds is 5. The number of anilines is 2. The molecule has 152 valence electrons. The van der Waals surface area contributed by atoms with Crippen molar-refractivity contribution in [2.45, 2.75) is 31.2 Å². The SMILES string of the molecule is CC(NCC1(c2ccccc2)CCOCC1)C(=O)N1CC(=O)Nc2ccccc21. The van der Waals surface area contributed by atoms with Crippen molar-refractivity contribution in [3.63, 3.8) is 0 Å². The van der Waals surface area contributed by atoms with Crippen molar-refractivity contribution < 1.29 is 14.3 Å². The fourth-order valence-corrected chi connectivity index (χ4v) is 4.22. The maximum absolute atomic E-state index is 13.2. The minimum absolute atomic E-state index is 0.0412. The summed E-state index contributed by atoms with van der Waals surface area (Å²) in [6.07, 6.45) is 1.83. The van der Waals surface area contributed by atoms with Gasteiger partial charge in [-0.05, 0) is 37.5 Å². The largest absolute Gasteiger partial charge is 0.381 e. The molecule has 1 saturated heterocycles. The highest BCUT2D eigenvalue weighted by molar-refractivity contribution is 6.11. The van der Waals surface area contributed by atoms with E-state index in [0.29, 0.717) is 12.2 Å². The molecule has 2 aromatic rings. The van der Waals surface area contributed by atoms with Crippen LogP contribution < -0.4 is 15.5 Å². The molecule has 1 atom stereocenters. The molecule has 1 unspecified atom stereocenters. The van der Waals surface area contributed by atoms with E-state index in [9.17, 15) is 9.59 Å². The monoisotopic (exact) mass is 393 g/mol. The van der Waals surface area contributed by atoms with Crippen molar-refractivity contribution in [1.29, 1.82) is 0 Å². The highest BCUT2D eigenvalue weighted by Crippen LogP contribution is 2.34. The number of para-hydroxylation sites is 2. The van der Waals surface area contributed by atoms with Gasteiger partial charge in [0.1, 0.15) is 6.54 Å². The fraction of sp³-hybridized carbons (Fsp3) is 0.391. The summed E-state index contributed by atoms with van der Waals surface area (Å²) in [6, 6.07) is 17.5. The van der Waals surface area contributed by atoms with Gasteiger partial charge >= 0.3 is 0 Å². The molecule has 2 aliphatic rings. The topological polar surface area (TPSA) is 70.7 Å². The van der Waals surface area contributed by atoms with Crippen LogP contribution in [0.15, 0.2) is 54.6 Å². The van der Waals surface area contributed by atoms with Crippen molar-refractivity contribution >= 4 is 23.2 Å². The summed E-state index contributed by atoms with van der Waals surface area (Å²) < 4.78 is 5.60. The molecule has 0 radical (unpaired) electrons. The molecular formula is C23H27N3O3. The second-order valence-corrected chi connectivity index (χ2v) is 7.85. The van der Waals surface area contributed by atoms with Crippen molar-refractivity contribution in [2.75, 3.05) is 36.5 Å². The molecule has 0 aromatic heterocycles. The maximum Gasteiger partial charge on any atom is 0.244 e. The van der Waals surface area contributed by atoms with E-state index in [2.05, 4.69) is 34.9 Å². The number of fused-ring (bicyclic) bond motifs is 1. The van der Waals surface area contributed by atoms with Gasteiger partial charge in [-0.3, -0.25) is 14.5 Å². The van der Waals surface area contributed by atoms with E-state index in [1.165, 1.54) is 5.56 Å². The summed E-state index contributed by atoms with van der Waals surface area (Å²) in [5, 5.41) is 6.28. The number of nitrogens with one attached hydrogen (secondary N) is 2. The number of carbonyl (C=O) groups excluding carboxylic acids is 2. The van der Waals surface area contributed by atoms with Crippen LogP contribution in [0.1, 0.15) is 25.3 Å². The second-order valence-electron chi connectivity index (χ2n) is 7.85. The summed E-state index contributed by atoms with van der Waals surface area (Å²) in [6.45, 7) is 4.04. The van der Waals surface area contributed by atoms with Crippen molar-refractivity contribution in [2.24, 2.45) is 0 Å². The van der Waals surface area contributed by atoms with E-state index in [0.717, 1.165) is 31.7 Å². The van der Waals surface area contributed by atoms with Crippen LogP contribution in [-0.4, -0.2) is 44.2 Å². The van der Waals surface area contributed by atoms with E-state index < -0.39 is 6.04 Å². The Balaban J connectivity index is 1.49. The first-order valence-electron chi connectivity index (χ1n) is 10.2. The first-order valence-corrected chi connectivity index (χ1v) is 10.2. The van der Waals surface area contributed by atoms with Crippen LogP contribution in [0, 0.1) is 0 Å². The van der Waals surface area contributed by atoms with Crippen LogP contribution in [0.3, 0.4) is 0 Å². The molecule has 6 heteroatoms. The summed E-state index contributed by atoms with van der Waals surface area (Å²) in [4.78, 5) is 26.8. The smallest absolute Gasteiger partial charge is 0.244 e. The first kappa shape index (κ1) is 19.6. The van der Waals surface area contributed by atoms with Gasteiger partial charge in [-0.2, -0.15) is 0 Å². The minimum Gasteiger partial charge on any atom is -0.381 e. The van der Waals surface area contributed by atoms with Gasteiger partial charge in [-0.25, -0.2) is 0 Å². The molecule has 2 aromatic carbocycles. The Kier molecular flexibility index (Phi) is 5.65. The zero-order chi connectivity index (χ0) is 20.3. The number of hydrogen-bond acceptors (Lipinski definition) is 4. The number of nitrogens with zero attached hydrogens (tertiary/aromatic N) is 1. The Bertz CT molecular complexity index is 878. The zero-order valence-electron chi connectivity index (χ0n) is 16.7. The molecule has 6 nitrogen and oxygen atoms in total. The van der Waals surface area contributed by atoms with Gasteiger partial charge < -0.3 is 15.4 Å². The van der Waals surface area contributed by atoms with Crippen LogP contribution in [-0.2, 0) is 19.7 Å². The lowest BCUT2D eigenvalue weighted by atomic mass is 9.74. The van der Waals surface area contributed by atoms with Gasteiger partial charge in [0.2, 0.25) is 11.8 Å². The molecule has 0 spiro atoms. The molecule has 0 saturated carbocycles. The standard InChI is InChI=1S/C23H27N3O3/c1-17(22(28)26-15-21(27)25-19-9-5-6-10-20(19)26)24-16-23(11-13-29-14-12-23)18-7-3-2-4-8-18/h2-10,17,24H,11-16H2,1H3,(H,25,27). The van der Waals surface area contributed by atoms with Crippen LogP contribution in [0.2, 0.25) is 0 Å². The average Bonchev–Trinajstić information content (AvgIpc) is 2.77. The molecule has 29 heavy (non-hydrogen) atoms. The Morgan fingerprint density at radius 1 is 1.14 bits per heavy atom. The molecule has 2 heterocycles. The van der Waals surface area contributed by atoms with Gasteiger partial charge in [0.05, 0.1) is 17.4 Å². The molecule has 2 aliphatic heterocycles. The number of amides is 2. The molecule has 2 N–H and O–H groups in total. The van der Waals surface area contributed by atoms with E-state index >= 15 is 0 Å². The summed E-state index contributed by atoms with van der Waals surface area (Å²) in [5.74, 6) is -0.267. The molecule has 1 fully saturated rings. The zero-order valence-corrected chi connectivity index (χ0v) is 16.7. The van der Waals surface area contributed by atoms with Gasteiger partial charge in [-0.15, -0.1) is 0 Å². The summed E-state index contributed by atoms with van der Waals surface area (Å²) in [5.41, 5.74) is 2.65. The molecule has 0 aliphatic carbocycles. The number of carbonyl (C=O) groups is 2. The van der Waals surface area contributed by atoms with Crippen molar-refractivity contribution in [3.05, 3.63) is 60.2 Å². The van der Waals surface area contributed by atoms with Crippen LogP contribution in [0.4, 0.5) is 11.4 Å². The quantitative estimate of drug-likeness (QED) is 0.819. The number of ether oxygens (including phenoxy) is 1. The molecule has 0 bridgehead atoms. The lowest BCUT2D eigenvalue weighted by molar-refractivity contribution is -0.123. The van der Waals surface area contributed by atoms with E-state index in [4.69, 9.17) is 4.74 Å². The number of benzene rings is 2. The third kappa shape index (κ3) is 4.04. The molecule has 2 amide bonds. The third-order valence-electron chi connectivity index (χ3n) is 5.99. The van der Waals surface area contributed by atoms with E-state index in [-0.39, 0.29) is 23.8 Å². The van der Waals surface area contributed by atoms with Crippen LogP contribution in [0.25, 0.3) is 0 Å². The fourth-order valence-electron chi connectivity index (χ4n) is 4.22. The third-order valence-corrected chi connectivity index (χ3v) is 5.99. The molecule has 4 rings (SSSR count). The van der Waals surface area contributed by atoms with Crippen molar-refractivity contribution in [3.8, 4) is 0 Å². The van der Waals surface area contributed by atoms with Gasteiger partial charge in [0.15, 0.2) is 0 Å². The normalized spacial score (nSPS) is 19.2. The van der Waals surface area contributed by atoms with E-state index in [1.807, 2.05) is 37.3 Å². The lowest BCUT2D eigenvalue weighted by Gasteiger charge is -2.39. The van der Waals surface area contributed by atoms with E-state index in [1.54, 1.807) is 4.90 Å². The second kappa shape index (κ2) is 8.35. The first-order chi connectivity index (χ1) is 14.1. The summed E-state index contributed by atoms with van der Waals surface area (Å²) >= 11 is 0. The highest BCUT2D eigenvalue weighted by Gasteiger charge is 2.36. The van der Waals surface area contributed by atoms with Gasteiger partial charge in [-0.1, -0.05) is 42.5 Å². The number of hydrogen-bond donors (Lipinski definition) is 2. The van der Waals surface area contributed by atoms with Crippen molar-refractivity contribution in [1.82, 2.24) is 5.32 Å². The Morgan fingerprint density at radius 2 is 1.83 bits per heavy atom. The van der Waals surface area contributed by atoms with Gasteiger partial charge in [0.25, 0.3) is 0 Å². The van der Waals surface area contributed by atoms with Crippen LogP contribution >= 0.6 is 0 Å². The predicted molar refractivity (Wildman–Crippen MR) is 113 cm³/mol. The maximum atomic E-state index is 13.2. The minimum atomic E-state index is -0.405. The van der Waals surface area contributed by atoms with Gasteiger partial charge in [0, 0.05) is 25.2 Å². The molecular weight excluding hydrogens is 366 g/mol. The summed E-state index contributed by atoms with van der Waals surface area (Å²) in [7, 11) is 0.